The molecule has 0 saturated carbocycles. The molecule has 1 N–H and O–H groups in total. The van der Waals surface area contributed by atoms with Crippen molar-refractivity contribution in [1.82, 2.24) is 4.90 Å². The highest BCUT2D eigenvalue weighted by atomic mass is 16.5. The van der Waals surface area contributed by atoms with Gasteiger partial charge in [0, 0.05) is 12.6 Å². The molecule has 4 heteroatoms. The molecule has 0 amide bonds. The lowest BCUT2D eigenvalue weighted by Crippen LogP contribution is -2.35. The zero-order valence-corrected chi connectivity index (χ0v) is 14.3. The molecular weight excluding hydrogens is 312 g/mol. The number of β-amino-alcohol motifs (C(OH)–C–C–N with tert-alkyl or cyclic N) is 1. The molecule has 2 atom stereocenters. The maximum Gasteiger partial charge on any atom is 0.119 e. The van der Waals surface area contributed by atoms with E-state index in [0.717, 1.165) is 30.7 Å². The van der Waals surface area contributed by atoms with Crippen LogP contribution in [0.2, 0.25) is 0 Å². The molecule has 0 aromatic heterocycles. The van der Waals surface area contributed by atoms with Crippen LogP contribution in [0.25, 0.3) is 0 Å². The number of aliphatic hydroxyl groups is 1. The molecule has 130 valence electrons. The number of nitriles is 1. The van der Waals surface area contributed by atoms with Crippen molar-refractivity contribution in [3.63, 3.8) is 0 Å². The predicted molar refractivity (Wildman–Crippen MR) is 97.3 cm³/mol. The molecule has 4 nitrogen and oxygen atoms in total. The number of nitrogens with zero attached hydrogens (tertiary/aromatic N) is 2. The summed E-state index contributed by atoms with van der Waals surface area (Å²) in [4.78, 5) is 2.35. The summed E-state index contributed by atoms with van der Waals surface area (Å²) in [5, 5.41) is 19.1. The predicted octanol–water partition coefficient (Wildman–Crippen LogP) is 3.33. The van der Waals surface area contributed by atoms with E-state index in [4.69, 9.17) is 10.00 Å². The number of rotatable bonds is 7. The molecule has 3 rings (SSSR count). The SMILES string of the molecule is N#CCc1ccc(OC[C@@H](O)CN2CCC[C@H]2c2ccccc2)cc1. The van der Waals surface area contributed by atoms with Crippen LogP contribution in [-0.4, -0.2) is 35.8 Å². The van der Waals surface area contributed by atoms with Gasteiger partial charge in [0.05, 0.1) is 12.5 Å². The Bertz CT molecular complexity index is 694. The van der Waals surface area contributed by atoms with E-state index in [0.29, 0.717) is 19.0 Å². The average molecular weight is 336 g/mol. The van der Waals surface area contributed by atoms with Crippen LogP contribution in [0.1, 0.15) is 30.0 Å². The minimum Gasteiger partial charge on any atom is -0.491 e. The second-order valence-corrected chi connectivity index (χ2v) is 6.51. The Morgan fingerprint density at radius 3 is 2.64 bits per heavy atom. The van der Waals surface area contributed by atoms with E-state index in [9.17, 15) is 5.11 Å². The monoisotopic (exact) mass is 336 g/mol. The number of benzene rings is 2. The van der Waals surface area contributed by atoms with Gasteiger partial charge in [-0.25, -0.2) is 0 Å². The van der Waals surface area contributed by atoms with Crippen LogP contribution < -0.4 is 4.74 Å². The second-order valence-electron chi connectivity index (χ2n) is 6.51. The van der Waals surface area contributed by atoms with Crippen molar-refractivity contribution in [2.45, 2.75) is 31.4 Å². The highest BCUT2D eigenvalue weighted by Gasteiger charge is 2.27. The normalized spacial score (nSPS) is 18.6. The Hall–Kier alpha value is -2.35. The van der Waals surface area contributed by atoms with E-state index in [1.165, 1.54) is 5.56 Å². The molecule has 25 heavy (non-hydrogen) atoms. The Balaban J connectivity index is 1.50. The number of hydrogen-bond acceptors (Lipinski definition) is 4. The highest BCUT2D eigenvalue weighted by Crippen LogP contribution is 2.31. The van der Waals surface area contributed by atoms with Crippen molar-refractivity contribution in [3.05, 3.63) is 65.7 Å². The van der Waals surface area contributed by atoms with Gasteiger partial charge in [-0.3, -0.25) is 4.90 Å². The Kier molecular flexibility index (Phi) is 6.05. The topological polar surface area (TPSA) is 56.5 Å². The standard InChI is InChI=1S/C21H24N2O2/c22-13-12-17-8-10-20(11-9-17)25-16-19(24)15-23-14-4-7-21(23)18-5-2-1-3-6-18/h1-3,5-6,8-11,19,21,24H,4,7,12,14-16H2/t19-,21-/m0/s1. The van der Waals surface area contributed by atoms with Gasteiger partial charge in [0.15, 0.2) is 0 Å². The first kappa shape index (κ1) is 17.5. The van der Waals surface area contributed by atoms with Crippen molar-refractivity contribution in [2.24, 2.45) is 0 Å². The van der Waals surface area contributed by atoms with Crippen molar-refractivity contribution in [3.8, 4) is 11.8 Å². The summed E-state index contributed by atoms with van der Waals surface area (Å²) in [5.41, 5.74) is 2.29. The van der Waals surface area contributed by atoms with Crippen LogP contribution in [0.3, 0.4) is 0 Å². The molecule has 1 aliphatic rings. The van der Waals surface area contributed by atoms with Gasteiger partial charge in [0.1, 0.15) is 18.5 Å². The Morgan fingerprint density at radius 1 is 1.16 bits per heavy atom. The lowest BCUT2D eigenvalue weighted by atomic mass is 10.0. The molecule has 0 aliphatic carbocycles. The van der Waals surface area contributed by atoms with Crippen molar-refractivity contribution in [1.29, 1.82) is 5.26 Å². The quantitative estimate of drug-likeness (QED) is 0.842. The summed E-state index contributed by atoms with van der Waals surface area (Å²) in [5.74, 6) is 0.724. The first-order valence-electron chi connectivity index (χ1n) is 8.82. The fourth-order valence-electron chi connectivity index (χ4n) is 3.41. The van der Waals surface area contributed by atoms with Crippen LogP contribution in [0.15, 0.2) is 54.6 Å². The molecule has 1 saturated heterocycles. The smallest absolute Gasteiger partial charge is 0.119 e. The Morgan fingerprint density at radius 2 is 1.92 bits per heavy atom. The van der Waals surface area contributed by atoms with Crippen LogP contribution in [0.4, 0.5) is 0 Å². The average Bonchev–Trinajstić information content (AvgIpc) is 3.10. The molecule has 2 aromatic carbocycles. The third kappa shape index (κ3) is 4.82. The zero-order valence-electron chi connectivity index (χ0n) is 14.3. The maximum absolute atomic E-state index is 10.4. The summed E-state index contributed by atoms with van der Waals surface area (Å²) in [6.07, 6.45) is 2.17. The van der Waals surface area contributed by atoms with E-state index in [-0.39, 0.29) is 6.61 Å². The van der Waals surface area contributed by atoms with E-state index in [1.54, 1.807) is 0 Å². The van der Waals surface area contributed by atoms with Gasteiger partial charge < -0.3 is 9.84 Å². The molecule has 0 unspecified atom stereocenters. The second kappa shape index (κ2) is 8.66. The van der Waals surface area contributed by atoms with Gasteiger partial charge in [-0.15, -0.1) is 0 Å². The summed E-state index contributed by atoms with van der Waals surface area (Å²) in [6, 6.07) is 20.5. The van der Waals surface area contributed by atoms with Crippen LogP contribution >= 0.6 is 0 Å². The number of aliphatic hydroxyl groups excluding tert-OH is 1. The molecular formula is C21H24N2O2. The van der Waals surface area contributed by atoms with E-state index >= 15 is 0 Å². The molecule has 2 aromatic rings. The summed E-state index contributed by atoms with van der Waals surface area (Å²) < 4.78 is 5.69. The summed E-state index contributed by atoms with van der Waals surface area (Å²) >= 11 is 0. The van der Waals surface area contributed by atoms with E-state index < -0.39 is 6.10 Å². The third-order valence-electron chi connectivity index (χ3n) is 4.64. The summed E-state index contributed by atoms with van der Waals surface area (Å²) in [6.45, 7) is 1.90. The zero-order chi connectivity index (χ0) is 17.5. The summed E-state index contributed by atoms with van der Waals surface area (Å²) in [7, 11) is 0. The van der Waals surface area contributed by atoms with Crippen LogP contribution in [0, 0.1) is 11.3 Å². The van der Waals surface area contributed by atoms with Gasteiger partial charge >= 0.3 is 0 Å². The van der Waals surface area contributed by atoms with E-state index in [1.807, 2.05) is 30.3 Å². The lowest BCUT2D eigenvalue weighted by Gasteiger charge is -2.27. The van der Waals surface area contributed by atoms with Crippen LogP contribution in [0.5, 0.6) is 5.75 Å². The fraction of sp³-hybridized carbons (Fsp3) is 0.381. The Labute approximate surface area is 149 Å². The van der Waals surface area contributed by atoms with E-state index in [2.05, 4.69) is 35.2 Å². The maximum atomic E-state index is 10.4. The number of likely N-dealkylation sites (tertiary alicyclic amines) is 1. The third-order valence-corrected chi connectivity index (χ3v) is 4.64. The molecule has 0 radical (unpaired) electrons. The van der Waals surface area contributed by atoms with Crippen LogP contribution in [-0.2, 0) is 6.42 Å². The van der Waals surface area contributed by atoms with Gasteiger partial charge in [-0.1, -0.05) is 42.5 Å². The van der Waals surface area contributed by atoms with Gasteiger partial charge in [-0.2, -0.15) is 5.26 Å². The first-order valence-corrected chi connectivity index (χ1v) is 8.82. The van der Waals surface area contributed by atoms with Gasteiger partial charge in [0.2, 0.25) is 0 Å². The lowest BCUT2D eigenvalue weighted by molar-refractivity contribution is 0.0638. The minimum atomic E-state index is -0.525. The fourth-order valence-corrected chi connectivity index (χ4v) is 3.41. The minimum absolute atomic E-state index is 0.273. The molecule has 1 fully saturated rings. The highest BCUT2D eigenvalue weighted by molar-refractivity contribution is 5.28. The largest absolute Gasteiger partial charge is 0.491 e. The first-order chi connectivity index (χ1) is 12.3. The molecule has 1 heterocycles. The van der Waals surface area contributed by atoms with Crippen molar-refractivity contribution >= 4 is 0 Å². The van der Waals surface area contributed by atoms with Gasteiger partial charge in [-0.05, 0) is 42.6 Å². The van der Waals surface area contributed by atoms with Crippen molar-refractivity contribution in [2.75, 3.05) is 19.7 Å². The molecule has 1 aliphatic heterocycles. The molecule has 0 bridgehead atoms. The van der Waals surface area contributed by atoms with Crippen molar-refractivity contribution < 1.29 is 9.84 Å². The number of ether oxygens (including phenoxy) is 1. The molecule has 0 spiro atoms. The van der Waals surface area contributed by atoms with Gasteiger partial charge in [0.25, 0.3) is 0 Å². The number of hydrogen-bond donors (Lipinski definition) is 1.